The fraction of sp³-hybridized carbons (Fsp3) is 0.269. The molecule has 0 N–H and O–H groups in total. The standard InChI is InChI=1S/C26H24N2OS/c1-17(2)18-11-13-20(14-12-18)25-21-9-6-10-23(21)28-26(22(25)15-27)30-16-24(29)19-7-4-3-5-8-19/h3-5,7-8,11-14,17H,6,9-10,16H2,1-2H3. The van der Waals surface area contributed by atoms with Gasteiger partial charge in [0.25, 0.3) is 0 Å². The summed E-state index contributed by atoms with van der Waals surface area (Å²) in [7, 11) is 0. The Balaban J connectivity index is 1.71. The summed E-state index contributed by atoms with van der Waals surface area (Å²) in [5, 5.41) is 10.7. The lowest BCUT2D eigenvalue weighted by molar-refractivity contribution is 0.102. The van der Waals surface area contributed by atoms with Crippen LogP contribution in [0.3, 0.4) is 0 Å². The molecule has 3 nitrogen and oxygen atoms in total. The first-order valence-electron chi connectivity index (χ1n) is 10.4. The van der Waals surface area contributed by atoms with Crippen LogP contribution in [0.15, 0.2) is 59.6 Å². The van der Waals surface area contributed by atoms with E-state index in [0.717, 1.165) is 36.1 Å². The van der Waals surface area contributed by atoms with Crippen molar-refractivity contribution in [1.29, 1.82) is 5.26 Å². The number of aryl methyl sites for hydroxylation is 1. The van der Waals surface area contributed by atoms with E-state index < -0.39 is 0 Å². The van der Waals surface area contributed by atoms with Crippen molar-refractivity contribution in [3.05, 3.63) is 82.5 Å². The number of ketones is 1. The SMILES string of the molecule is CC(C)c1ccc(-c2c(C#N)c(SCC(=O)c3ccccc3)nc3c2CCC3)cc1. The number of nitriles is 1. The van der Waals surface area contributed by atoms with Crippen molar-refractivity contribution in [3.63, 3.8) is 0 Å². The molecule has 0 spiro atoms. The van der Waals surface area contributed by atoms with Crippen molar-refractivity contribution in [3.8, 4) is 17.2 Å². The highest BCUT2D eigenvalue weighted by Crippen LogP contribution is 2.39. The van der Waals surface area contributed by atoms with Gasteiger partial charge in [-0.25, -0.2) is 4.98 Å². The van der Waals surface area contributed by atoms with Gasteiger partial charge in [-0.05, 0) is 41.9 Å². The minimum Gasteiger partial charge on any atom is -0.293 e. The van der Waals surface area contributed by atoms with Crippen LogP contribution in [0.2, 0.25) is 0 Å². The summed E-state index contributed by atoms with van der Waals surface area (Å²) in [4.78, 5) is 17.4. The fourth-order valence-electron chi connectivity index (χ4n) is 3.96. The Kier molecular flexibility index (Phi) is 6.01. The largest absolute Gasteiger partial charge is 0.293 e. The first-order chi connectivity index (χ1) is 14.6. The zero-order valence-corrected chi connectivity index (χ0v) is 18.1. The van der Waals surface area contributed by atoms with Gasteiger partial charge >= 0.3 is 0 Å². The second-order valence-electron chi connectivity index (χ2n) is 7.91. The molecule has 4 rings (SSSR count). The minimum atomic E-state index is 0.0506. The van der Waals surface area contributed by atoms with Crippen LogP contribution < -0.4 is 0 Å². The fourth-order valence-corrected chi connectivity index (χ4v) is 4.86. The van der Waals surface area contributed by atoms with E-state index in [-0.39, 0.29) is 11.5 Å². The molecule has 0 radical (unpaired) electrons. The van der Waals surface area contributed by atoms with Gasteiger partial charge < -0.3 is 0 Å². The predicted molar refractivity (Wildman–Crippen MR) is 122 cm³/mol. The van der Waals surface area contributed by atoms with Crippen molar-refractivity contribution in [2.75, 3.05) is 5.75 Å². The number of hydrogen-bond donors (Lipinski definition) is 0. The highest BCUT2D eigenvalue weighted by atomic mass is 32.2. The topological polar surface area (TPSA) is 53.8 Å². The maximum Gasteiger partial charge on any atom is 0.173 e. The summed E-state index contributed by atoms with van der Waals surface area (Å²) in [6.45, 7) is 4.36. The molecule has 1 aliphatic rings. The molecule has 0 saturated heterocycles. The van der Waals surface area contributed by atoms with E-state index in [9.17, 15) is 10.1 Å². The number of carbonyl (C=O) groups is 1. The van der Waals surface area contributed by atoms with E-state index in [2.05, 4.69) is 44.2 Å². The van der Waals surface area contributed by atoms with Gasteiger partial charge in [0.2, 0.25) is 0 Å². The third kappa shape index (κ3) is 4.04. The van der Waals surface area contributed by atoms with E-state index in [1.807, 2.05) is 30.3 Å². The monoisotopic (exact) mass is 412 g/mol. The first kappa shape index (κ1) is 20.4. The Morgan fingerprint density at radius 2 is 1.83 bits per heavy atom. The summed E-state index contributed by atoms with van der Waals surface area (Å²) in [5.74, 6) is 0.790. The first-order valence-corrected chi connectivity index (χ1v) is 11.3. The molecule has 4 heteroatoms. The molecule has 150 valence electrons. The predicted octanol–water partition coefficient (Wildman–Crippen LogP) is 6.21. The molecule has 2 aromatic carbocycles. The second kappa shape index (κ2) is 8.85. The van der Waals surface area contributed by atoms with E-state index in [0.29, 0.717) is 22.1 Å². The lowest BCUT2D eigenvalue weighted by atomic mass is 9.93. The maximum atomic E-state index is 12.6. The number of hydrogen-bond acceptors (Lipinski definition) is 4. The number of rotatable bonds is 6. The number of benzene rings is 2. The summed E-state index contributed by atoms with van der Waals surface area (Å²) < 4.78 is 0. The molecular weight excluding hydrogens is 388 g/mol. The minimum absolute atomic E-state index is 0.0506. The maximum absolute atomic E-state index is 12.6. The molecule has 0 saturated carbocycles. The van der Waals surface area contributed by atoms with Gasteiger partial charge in [0.15, 0.2) is 5.78 Å². The van der Waals surface area contributed by atoms with Gasteiger partial charge in [-0.1, -0.05) is 80.2 Å². The van der Waals surface area contributed by atoms with E-state index in [1.54, 1.807) is 0 Å². The van der Waals surface area contributed by atoms with Gasteiger partial charge in [-0.15, -0.1) is 0 Å². The van der Waals surface area contributed by atoms with Crippen molar-refractivity contribution >= 4 is 17.5 Å². The number of carbonyl (C=O) groups excluding carboxylic acids is 1. The van der Waals surface area contributed by atoms with E-state index in [4.69, 9.17) is 4.98 Å². The Morgan fingerprint density at radius 1 is 1.10 bits per heavy atom. The number of thioether (sulfide) groups is 1. The molecule has 1 aliphatic carbocycles. The van der Waals surface area contributed by atoms with Crippen LogP contribution in [-0.4, -0.2) is 16.5 Å². The lowest BCUT2D eigenvalue weighted by Gasteiger charge is -2.15. The molecule has 3 aromatic rings. The highest BCUT2D eigenvalue weighted by Gasteiger charge is 2.24. The smallest absolute Gasteiger partial charge is 0.173 e. The molecule has 0 unspecified atom stereocenters. The van der Waals surface area contributed by atoms with Crippen LogP contribution in [0.1, 0.15) is 58.9 Å². The summed E-state index contributed by atoms with van der Waals surface area (Å²) in [6.07, 6.45) is 2.94. The number of fused-ring (bicyclic) bond motifs is 1. The average molecular weight is 413 g/mol. The van der Waals surface area contributed by atoms with Crippen molar-refractivity contribution < 1.29 is 4.79 Å². The van der Waals surface area contributed by atoms with Crippen molar-refractivity contribution in [2.24, 2.45) is 0 Å². The quantitative estimate of drug-likeness (QED) is 0.357. The molecule has 30 heavy (non-hydrogen) atoms. The Morgan fingerprint density at radius 3 is 2.50 bits per heavy atom. The number of pyridine rings is 1. The molecule has 0 aliphatic heterocycles. The van der Waals surface area contributed by atoms with Crippen LogP contribution in [0.5, 0.6) is 0 Å². The summed E-state index contributed by atoms with van der Waals surface area (Å²) in [5.41, 5.74) is 6.91. The second-order valence-corrected chi connectivity index (χ2v) is 8.88. The lowest BCUT2D eigenvalue weighted by Crippen LogP contribution is -2.05. The van der Waals surface area contributed by atoms with E-state index >= 15 is 0 Å². The normalized spacial score (nSPS) is 12.6. The molecule has 0 bridgehead atoms. The van der Waals surface area contributed by atoms with Crippen molar-refractivity contribution in [2.45, 2.75) is 44.1 Å². The highest BCUT2D eigenvalue weighted by molar-refractivity contribution is 8.00. The van der Waals surface area contributed by atoms with Gasteiger partial charge in [0.1, 0.15) is 11.1 Å². The summed E-state index contributed by atoms with van der Waals surface area (Å²) in [6, 6.07) is 20.2. The molecular formula is C26H24N2OS. The Hall–Kier alpha value is -2.90. The third-order valence-electron chi connectivity index (χ3n) is 5.60. The zero-order valence-electron chi connectivity index (χ0n) is 17.3. The zero-order chi connectivity index (χ0) is 21.1. The molecule has 1 heterocycles. The molecule has 0 amide bonds. The summed E-state index contributed by atoms with van der Waals surface area (Å²) >= 11 is 1.37. The van der Waals surface area contributed by atoms with Crippen molar-refractivity contribution in [1.82, 2.24) is 4.98 Å². The van der Waals surface area contributed by atoms with Crippen LogP contribution in [-0.2, 0) is 12.8 Å². The number of nitrogens with zero attached hydrogens (tertiary/aromatic N) is 2. The molecule has 0 atom stereocenters. The van der Waals surface area contributed by atoms with Crippen LogP contribution in [0.4, 0.5) is 0 Å². The molecule has 1 aromatic heterocycles. The van der Waals surface area contributed by atoms with Gasteiger partial charge in [0.05, 0.1) is 11.3 Å². The average Bonchev–Trinajstić information content (AvgIpc) is 3.25. The van der Waals surface area contributed by atoms with Gasteiger partial charge in [-0.3, -0.25) is 4.79 Å². The molecule has 0 fully saturated rings. The number of aromatic nitrogens is 1. The van der Waals surface area contributed by atoms with Crippen LogP contribution in [0, 0.1) is 11.3 Å². The Bertz CT molecular complexity index is 1110. The van der Waals surface area contributed by atoms with Crippen LogP contribution in [0.25, 0.3) is 11.1 Å². The van der Waals surface area contributed by atoms with Crippen LogP contribution >= 0.6 is 11.8 Å². The number of Topliss-reactive ketones (excluding diaryl/α,β-unsaturated/α-hetero) is 1. The van der Waals surface area contributed by atoms with Gasteiger partial charge in [0, 0.05) is 16.8 Å². The van der Waals surface area contributed by atoms with E-state index in [1.165, 1.54) is 22.9 Å². The Labute approximate surface area is 182 Å². The van der Waals surface area contributed by atoms with Gasteiger partial charge in [-0.2, -0.15) is 5.26 Å². The third-order valence-corrected chi connectivity index (χ3v) is 6.58.